The maximum Gasteiger partial charge on any atom is 0.304 e. The molecule has 17 heavy (non-hydrogen) atoms. The monoisotopic (exact) mass is 299 g/mol. The van der Waals surface area contributed by atoms with Crippen LogP contribution in [0.4, 0.5) is 0 Å². The van der Waals surface area contributed by atoms with Gasteiger partial charge < -0.3 is 5.11 Å². The molecule has 0 radical (unpaired) electrons. The van der Waals surface area contributed by atoms with Gasteiger partial charge in [-0.2, -0.15) is 0 Å². The summed E-state index contributed by atoms with van der Waals surface area (Å²) in [5.74, 6) is -0.740. The number of carboxylic acid groups (broad SMARTS) is 1. The molecule has 1 rings (SSSR count). The quantitative estimate of drug-likeness (QED) is 0.877. The summed E-state index contributed by atoms with van der Waals surface area (Å²) in [5.41, 5.74) is 1.18. The second-order valence-electron chi connectivity index (χ2n) is 4.17. The largest absolute Gasteiger partial charge is 0.481 e. The predicted octanol–water partition coefficient (Wildman–Crippen LogP) is 3.13. The van der Waals surface area contributed by atoms with E-state index in [9.17, 15) is 4.79 Å². The van der Waals surface area contributed by atoms with Crippen LogP contribution in [0.2, 0.25) is 0 Å². The first kappa shape index (κ1) is 14.2. The van der Waals surface area contributed by atoms with Crippen molar-refractivity contribution in [1.82, 2.24) is 4.90 Å². The number of halogens is 1. The van der Waals surface area contributed by atoms with E-state index in [1.807, 2.05) is 38.2 Å². The Morgan fingerprint density at radius 1 is 1.47 bits per heavy atom. The molecule has 94 valence electrons. The molecule has 3 nitrogen and oxygen atoms in total. The van der Waals surface area contributed by atoms with Crippen molar-refractivity contribution in [2.75, 3.05) is 7.05 Å². The smallest absolute Gasteiger partial charge is 0.304 e. The van der Waals surface area contributed by atoms with Crippen molar-refractivity contribution in [3.8, 4) is 0 Å². The van der Waals surface area contributed by atoms with Gasteiger partial charge in [0.25, 0.3) is 0 Å². The van der Waals surface area contributed by atoms with Crippen LogP contribution in [0.15, 0.2) is 28.7 Å². The third-order valence-electron chi connectivity index (χ3n) is 2.88. The highest BCUT2D eigenvalue weighted by Gasteiger charge is 2.16. The van der Waals surface area contributed by atoms with E-state index in [1.54, 1.807) is 0 Å². The highest BCUT2D eigenvalue weighted by atomic mass is 79.9. The number of carboxylic acids is 1. The molecule has 1 aromatic rings. The van der Waals surface area contributed by atoms with Crippen molar-refractivity contribution in [3.63, 3.8) is 0 Å². The summed E-state index contributed by atoms with van der Waals surface area (Å²) >= 11 is 3.50. The van der Waals surface area contributed by atoms with E-state index in [2.05, 4.69) is 20.8 Å². The average Bonchev–Trinajstić information content (AvgIpc) is 2.28. The Morgan fingerprint density at radius 2 is 2.12 bits per heavy atom. The van der Waals surface area contributed by atoms with Gasteiger partial charge in [0.05, 0.1) is 6.42 Å². The number of hydrogen-bond acceptors (Lipinski definition) is 2. The first-order valence-corrected chi connectivity index (χ1v) is 6.49. The molecule has 0 aliphatic rings. The maximum absolute atomic E-state index is 10.8. The summed E-state index contributed by atoms with van der Waals surface area (Å²) in [6.07, 6.45) is 1.03. The summed E-state index contributed by atoms with van der Waals surface area (Å²) < 4.78 is 1.07. The normalized spacial score (nSPS) is 12.7. The van der Waals surface area contributed by atoms with E-state index in [4.69, 9.17) is 5.11 Å². The molecule has 0 aliphatic heterocycles. The molecule has 0 aliphatic carbocycles. The zero-order chi connectivity index (χ0) is 12.8. The van der Waals surface area contributed by atoms with E-state index in [-0.39, 0.29) is 12.5 Å². The third-order valence-corrected chi connectivity index (χ3v) is 3.66. The van der Waals surface area contributed by atoms with Gasteiger partial charge in [-0.3, -0.25) is 9.69 Å². The minimum absolute atomic E-state index is 0.0830. The van der Waals surface area contributed by atoms with Gasteiger partial charge in [0.2, 0.25) is 0 Å². The lowest BCUT2D eigenvalue weighted by Gasteiger charge is -2.26. The Balaban J connectivity index is 2.67. The minimum atomic E-state index is -0.740. The lowest BCUT2D eigenvalue weighted by Crippen LogP contribution is -2.32. The summed E-state index contributed by atoms with van der Waals surface area (Å²) in [6.45, 7) is 2.78. The minimum Gasteiger partial charge on any atom is -0.481 e. The molecule has 0 spiro atoms. The van der Waals surface area contributed by atoms with Gasteiger partial charge >= 0.3 is 5.97 Å². The fourth-order valence-corrected chi connectivity index (χ4v) is 2.25. The lowest BCUT2D eigenvalue weighted by atomic mass is 10.1. The summed E-state index contributed by atoms with van der Waals surface area (Å²) in [4.78, 5) is 12.8. The topological polar surface area (TPSA) is 40.5 Å². The van der Waals surface area contributed by atoms with Crippen LogP contribution in [-0.4, -0.2) is 29.1 Å². The first-order chi connectivity index (χ1) is 8.04. The van der Waals surface area contributed by atoms with Gasteiger partial charge in [-0.1, -0.05) is 41.1 Å². The van der Waals surface area contributed by atoms with Gasteiger partial charge in [-0.15, -0.1) is 0 Å². The van der Waals surface area contributed by atoms with Crippen LogP contribution in [0.1, 0.15) is 25.3 Å². The molecule has 0 fully saturated rings. The molecule has 1 atom stereocenters. The van der Waals surface area contributed by atoms with Crippen LogP contribution in [0.3, 0.4) is 0 Å². The van der Waals surface area contributed by atoms with Gasteiger partial charge in [0.15, 0.2) is 0 Å². The molecule has 4 heteroatoms. The zero-order valence-corrected chi connectivity index (χ0v) is 11.8. The van der Waals surface area contributed by atoms with Crippen LogP contribution in [-0.2, 0) is 11.3 Å². The molecule has 1 unspecified atom stereocenters. The second-order valence-corrected chi connectivity index (χ2v) is 5.02. The number of carbonyl (C=O) groups is 1. The van der Waals surface area contributed by atoms with Crippen LogP contribution in [0, 0.1) is 0 Å². The van der Waals surface area contributed by atoms with E-state index >= 15 is 0 Å². The molecule has 0 aromatic heterocycles. The summed E-state index contributed by atoms with van der Waals surface area (Å²) in [7, 11) is 1.97. The predicted molar refractivity (Wildman–Crippen MR) is 71.9 cm³/mol. The van der Waals surface area contributed by atoms with Crippen LogP contribution < -0.4 is 0 Å². The highest BCUT2D eigenvalue weighted by Crippen LogP contribution is 2.19. The van der Waals surface area contributed by atoms with E-state index in [1.165, 1.54) is 5.56 Å². The fourth-order valence-electron chi connectivity index (χ4n) is 1.84. The molecule has 0 saturated heterocycles. The molecular formula is C13H18BrNO2. The Hall–Kier alpha value is -0.870. The maximum atomic E-state index is 10.8. The number of aliphatic carboxylic acids is 1. The molecule has 1 aromatic carbocycles. The van der Waals surface area contributed by atoms with Gasteiger partial charge in [0, 0.05) is 17.1 Å². The SMILES string of the molecule is CCC(CC(=O)O)N(C)Cc1ccccc1Br. The average molecular weight is 300 g/mol. The molecule has 0 bridgehead atoms. The van der Waals surface area contributed by atoms with Crippen molar-refractivity contribution in [2.24, 2.45) is 0 Å². The Bertz CT molecular complexity index is 381. The number of rotatable bonds is 6. The van der Waals surface area contributed by atoms with Crippen molar-refractivity contribution >= 4 is 21.9 Å². The summed E-state index contributed by atoms with van der Waals surface area (Å²) in [6, 6.07) is 8.10. The number of hydrogen-bond donors (Lipinski definition) is 1. The van der Waals surface area contributed by atoms with E-state index in [0.29, 0.717) is 0 Å². The van der Waals surface area contributed by atoms with Gasteiger partial charge in [-0.25, -0.2) is 0 Å². The van der Waals surface area contributed by atoms with Crippen molar-refractivity contribution < 1.29 is 9.90 Å². The molecule has 0 heterocycles. The molecule has 0 saturated carbocycles. The summed E-state index contributed by atoms with van der Waals surface area (Å²) in [5, 5.41) is 8.85. The molecule has 1 N–H and O–H groups in total. The highest BCUT2D eigenvalue weighted by molar-refractivity contribution is 9.10. The van der Waals surface area contributed by atoms with Gasteiger partial charge in [-0.05, 0) is 25.1 Å². The Labute approximate surface area is 111 Å². The zero-order valence-electron chi connectivity index (χ0n) is 10.2. The van der Waals surface area contributed by atoms with E-state index in [0.717, 1.165) is 17.4 Å². The standard InChI is InChI=1S/C13H18BrNO2/c1-3-11(8-13(16)17)15(2)9-10-6-4-5-7-12(10)14/h4-7,11H,3,8-9H2,1-2H3,(H,16,17). The number of nitrogens with zero attached hydrogens (tertiary/aromatic N) is 1. The van der Waals surface area contributed by atoms with Crippen molar-refractivity contribution in [3.05, 3.63) is 34.3 Å². The van der Waals surface area contributed by atoms with E-state index < -0.39 is 5.97 Å². The number of benzene rings is 1. The fraction of sp³-hybridized carbons (Fsp3) is 0.462. The van der Waals surface area contributed by atoms with Gasteiger partial charge in [0.1, 0.15) is 0 Å². The van der Waals surface area contributed by atoms with Crippen LogP contribution >= 0.6 is 15.9 Å². The second kappa shape index (κ2) is 6.77. The first-order valence-electron chi connectivity index (χ1n) is 5.70. The Kier molecular flexibility index (Phi) is 5.65. The third kappa shape index (κ3) is 4.48. The molecule has 0 amide bonds. The van der Waals surface area contributed by atoms with Crippen LogP contribution in [0.5, 0.6) is 0 Å². The van der Waals surface area contributed by atoms with Crippen LogP contribution in [0.25, 0.3) is 0 Å². The lowest BCUT2D eigenvalue weighted by molar-refractivity contribution is -0.138. The Morgan fingerprint density at radius 3 is 2.65 bits per heavy atom. The van der Waals surface area contributed by atoms with Crippen molar-refractivity contribution in [2.45, 2.75) is 32.4 Å². The molecular weight excluding hydrogens is 282 g/mol. The van der Waals surface area contributed by atoms with Crippen molar-refractivity contribution in [1.29, 1.82) is 0 Å².